The molecule has 2 N–H and O–H groups in total. The molecule has 27 heavy (non-hydrogen) atoms. The molecule has 1 atom stereocenters. The van der Waals surface area contributed by atoms with Crippen LogP contribution in [0, 0.1) is 12.7 Å². The average molecular weight is 368 g/mol. The van der Waals surface area contributed by atoms with Crippen LogP contribution in [0.5, 0.6) is 0 Å². The lowest BCUT2D eigenvalue weighted by Gasteiger charge is -2.14. The van der Waals surface area contributed by atoms with Crippen molar-refractivity contribution in [1.29, 1.82) is 0 Å². The molecule has 1 unspecified atom stereocenters. The smallest absolute Gasteiger partial charge is 0.222 e. The van der Waals surface area contributed by atoms with Gasteiger partial charge in [0.05, 0.1) is 17.9 Å². The molecule has 1 amide bonds. The molecule has 0 radical (unpaired) electrons. The highest BCUT2D eigenvalue weighted by Gasteiger charge is 2.16. The first-order chi connectivity index (χ1) is 13.0. The normalized spacial score (nSPS) is 11.8. The number of benzene rings is 1. The van der Waals surface area contributed by atoms with Crippen LogP contribution in [-0.4, -0.2) is 32.2 Å². The molecule has 0 spiro atoms. The van der Waals surface area contributed by atoms with E-state index in [1.165, 1.54) is 12.1 Å². The van der Waals surface area contributed by atoms with Crippen LogP contribution in [0.2, 0.25) is 0 Å². The Morgan fingerprint density at radius 3 is 2.63 bits per heavy atom. The summed E-state index contributed by atoms with van der Waals surface area (Å²) < 4.78 is 14.8. The zero-order valence-corrected chi connectivity index (χ0v) is 15.2. The number of halogens is 1. The van der Waals surface area contributed by atoms with E-state index in [2.05, 4.69) is 25.7 Å². The Balaban J connectivity index is 1.57. The summed E-state index contributed by atoms with van der Waals surface area (Å²) in [6, 6.07) is 7.66. The van der Waals surface area contributed by atoms with Gasteiger partial charge in [-0.2, -0.15) is 5.10 Å². The van der Waals surface area contributed by atoms with Gasteiger partial charge >= 0.3 is 0 Å². The fourth-order valence-corrected chi connectivity index (χ4v) is 2.76. The van der Waals surface area contributed by atoms with Crippen molar-refractivity contribution in [3.8, 4) is 5.69 Å². The summed E-state index contributed by atoms with van der Waals surface area (Å²) in [5, 5.41) is 10.3. The Morgan fingerprint density at radius 2 is 1.93 bits per heavy atom. The van der Waals surface area contributed by atoms with E-state index >= 15 is 0 Å². The van der Waals surface area contributed by atoms with E-state index in [9.17, 15) is 9.18 Å². The van der Waals surface area contributed by atoms with E-state index in [0.29, 0.717) is 18.9 Å². The highest BCUT2D eigenvalue weighted by molar-refractivity contribution is 5.76. The van der Waals surface area contributed by atoms with Crippen LogP contribution in [0.3, 0.4) is 0 Å². The quantitative estimate of drug-likeness (QED) is 0.670. The fraction of sp³-hybridized carbons (Fsp3) is 0.263. The third kappa shape index (κ3) is 4.66. The third-order valence-corrected chi connectivity index (χ3v) is 4.16. The number of anilines is 1. The summed E-state index contributed by atoms with van der Waals surface area (Å²) >= 11 is 0. The lowest BCUT2D eigenvalue weighted by molar-refractivity contribution is -0.121. The molecule has 2 heterocycles. The minimum atomic E-state index is -0.293. The Bertz CT molecular complexity index is 894. The molecule has 1 aromatic carbocycles. The summed E-state index contributed by atoms with van der Waals surface area (Å²) in [7, 11) is 0. The second-order valence-electron chi connectivity index (χ2n) is 6.11. The first-order valence-corrected chi connectivity index (χ1v) is 8.65. The maximum atomic E-state index is 13.1. The summed E-state index contributed by atoms with van der Waals surface area (Å²) in [4.78, 5) is 20.3. The van der Waals surface area contributed by atoms with Crippen LogP contribution >= 0.6 is 0 Å². The van der Waals surface area contributed by atoms with Crippen molar-refractivity contribution in [2.75, 3.05) is 11.9 Å². The van der Waals surface area contributed by atoms with Gasteiger partial charge in [-0.25, -0.2) is 19.0 Å². The highest BCUT2D eigenvalue weighted by Crippen LogP contribution is 2.20. The molecule has 0 saturated heterocycles. The maximum Gasteiger partial charge on any atom is 0.222 e. The number of rotatable bonds is 7. The van der Waals surface area contributed by atoms with Crippen LogP contribution < -0.4 is 10.6 Å². The second-order valence-corrected chi connectivity index (χ2v) is 6.11. The largest absolute Gasteiger partial charge is 0.354 e. The van der Waals surface area contributed by atoms with E-state index < -0.39 is 0 Å². The number of carbonyl (C=O) groups excluding carboxylic acids is 1. The van der Waals surface area contributed by atoms with Crippen molar-refractivity contribution >= 4 is 11.9 Å². The van der Waals surface area contributed by atoms with Crippen LogP contribution in [0.1, 0.15) is 30.6 Å². The lowest BCUT2D eigenvalue weighted by Crippen LogP contribution is -2.28. The van der Waals surface area contributed by atoms with Gasteiger partial charge < -0.3 is 10.6 Å². The number of amides is 1. The highest BCUT2D eigenvalue weighted by atomic mass is 19.1. The molecule has 7 nitrogen and oxygen atoms in total. The number of nitrogens with zero attached hydrogens (tertiary/aromatic N) is 4. The minimum Gasteiger partial charge on any atom is -0.354 e. The molecule has 3 aromatic rings. The maximum absolute atomic E-state index is 13.1. The van der Waals surface area contributed by atoms with E-state index in [0.717, 1.165) is 16.9 Å². The molecule has 0 fully saturated rings. The molecule has 0 saturated carbocycles. The predicted molar refractivity (Wildman–Crippen MR) is 100.0 cm³/mol. The van der Waals surface area contributed by atoms with Gasteiger partial charge in [-0.3, -0.25) is 4.79 Å². The molecule has 0 aliphatic carbocycles. The monoisotopic (exact) mass is 368 g/mol. The number of hydrogen-bond donors (Lipinski definition) is 2. The molecule has 8 heteroatoms. The molecule has 2 aromatic heterocycles. The van der Waals surface area contributed by atoms with Crippen molar-refractivity contribution in [2.24, 2.45) is 0 Å². The SMILES string of the molecule is Cc1c(C(C)NC(=O)CCNc2ncccn2)cnn1-c1ccc(F)cc1. The van der Waals surface area contributed by atoms with Crippen molar-refractivity contribution in [2.45, 2.75) is 26.3 Å². The number of hydrogen-bond acceptors (Lipinski definition) is 5. The summed E-state index contributed by atoms with van der Waals surface area (Å²) in [5.74, 6) is 0.119. The minimum absolute atomic E-state index is 0.0835. The number of aromatic nitrogens is 4. The summed E-state index contributed by atoms with van der Waals surface area (Å²) in [6.45, 7) is 4.27. The fourth-order valence-electron chi connectivity index (χ4n) is 2.76. The summed E-state index contributed by atoms with van der Waals surface area (Å²) in [6.07, 6.45) is 5.30. The first kappa shape index (κ1) is 18.5. The van der Waals surface area contributed by atoms with Gasteiger partial charge in [-0.15, -0.1) is 0 Å². The zero-order chi connectivity index (χ0) is 19.2. The van der Waals surface area contributed by atoms with E-state index in [1.54, 1.807) is 41.5 Å². The van der Waals surface area contributed by atoms with E-state index in [-0.39, 0.29) is 17.8 Å². The van der Waals surface area contributed by atoms with Crippen LogP contribution in [0.25, 0.3) is 5.69 Å². The predicted octanol–water partition coefficient (Wildman–Crippen LogP) is 2.79. The van der Waals surface area contributed by atoms with E-state index in [1.807, 2.05) is 13.8 Å². The topological polar surface area (TPSA) is 84.7 Å². The molecule has 0 aliphatic rings. The van der Waals surface area contributed by atoms with Gasteiger partial charge in [0.1, 0.15) is 5.82 Å². The van der Waals surface area contributed by atoms with Crippen molar-refractivity contribution in [3.05, 3.63) is 66.0 Å². The molecular formula is C19H21FN6O. The first-order valence-electron chi connectivity index (χ1n) is 8.65. The van der Waals surface area contributed by atoms with Gasteiger partial charge in [-0.1, -0.05) is 0 Å². The van der Waals surface area contributed by atoms with Crippen molar-refractivity contribution < 1.29 is 9.18 Å². The second kappa shape index (κ2) is 8.39. The zero-order valence-electron chi connectivity index (χ0n) is 15.2. The third-order valence-electron chi connectivity index (χ3n) is 4.16. The standard InChI is InChI=1S/C19H21FN6O/c1-13(25-18(27)8-11-23-19-21-9-3-10-22-19)17-12-24-26(14(17)2)16-6-4-15(20)5-7-16/h3-7,9-10,12-13H,8,11H2,1-2H3,(H,25,27)(H,21,22,23). The molecule has 0 bridgehead atoms. The Labute approximate surface area is 156 Å². The Morgan fingerprint density at radius 1 is 1.22 bits per heavy atom. The van der Waals surface area contributed by atoms with Gasteiger partial charge in [0.2, 0.25) is 11.9 Å². The molecule has 0 aliphatic heterocycles. The summed E-state index contributed by atoms with van der Waals surface area (Å²) in [5.41, 5.74) is 2.57. The van der Waals surface area contributed by atoms with Crippen molar-refractivity contribution in [3.63, 3.8) is 0 Å². The number of nitrogens with one attached hydrogen (secondary N) is 2. The van der Waals surface area contributed by atoms with Crippen molar-refractivity contribution in [1.82, 2.24) is 25.1 Å². The van der Waals surface area contributed by atoms with Gasteiger partial charge in [0, 0.05) is 36.6 Å². The molecule has 140 valence electrons. The Kier molecular flexibility index (Phi) is 5.75. The van der Waals surface area contributed by atoms with Gasteiger partial charge in [-0.05, 0) is 44.2 Å². The lowest BCUT2D eigenvalue weighted by atomic mass is 10.1. The Hall–Kier alpha value is -3.29. The average Bonchev–Trinajstić information content (AvgIpc) is 3.05. The van der Waals surface area contributed by atoms with Crippen LogP contribution in [0.4, 0.5) is 10.3 Å². The molecular weight excluding hydrogens is 347 g/mol. The van der Waals surface area contributed by atoms with Gasteiger partial charge in [0.25, 0.3) is 0 Å². The van der Waals surface area contributed by atoms with Crippen LogP contribution in [0.15, 0.2) is 48.9 Å². The number of carbonyl (C=O) groups is 1. The molecule has 3 rings (SSSR count). The van der Waals surface area contributed by atoms with E-state index in [4.69, 9.17) is 0 Å². The van der Waals surface area contributed by atoms with Gasteiger partial charge in [0.15, 0.2) is 0 Å². The van der Waals surface area contributed by atoms with Crippen LogP contribution in [-0.2, 0) is 4.79 Å².